The Balaban J connectivity index is 2.08. The van der Waals surface area contributed by atoms with Crippen molar-refractivity contribution in [3.8, 4) is 0 Å². The number of hydrogen-bond donors (Lipinski definition) is 0. The van der Waals surface area contributed by atoms with Crippen LogP contribution in [0.5, 0.6) is 0 Å². The summed E-state index contributed by atoms with van der Waals surface area (Å²) in [7, 11) is -2.92. The van der Waals surface area contributed by atoms with E-state index in [4.69, 9.17) is 0 Å². The van der Waals surface area contributed by atoms with Crippen molar-refractivity contribution >= 4 is 20.7 Å². The average Bonchev–Trinajstić information content (AvgIpc) is 2.40. The van der Waals surface area contributed by atoms with E-state index < -0.39 is 9.84 Å². The Labute approximate surface area is 117 Å². The number of sulfone groups is 1. The van der Waals surface area contributed by atoms with Gasteiger partial charge < -0.3 is 0 Å². The van der Waals surface area contributed by atoms with Crippen molar-refractivity contribution in [2.75, 3.05) is 11.5 Å². The van der Waals surface area contributed by atoms with Crippen LogP contribution in [0, 0.1) is 6.92 Å². The van der Waals surface area contributed by atoms with Gasteiger partial charge in [0.1, 0.15) is 9.84 Å². The number of nitrogens with zero attached hydrogens (tertiary/aromatic N) is 2. The standard InChI is InChI=1S/C14H16N2O3S/c1-10-3-2-4-12-13(10)14(17)16(9-15-12)11-5-7-20(18,19)8-6-11/h2-4,9,11H,5-8H2,1H3. The molecule has 0 atom stereocenters. The minimum Gasteiger partial charge on any atom is -0.296 e. The van der Waals surface area contributed by atoms with Crippen molar-refractivity contribution in [3.63, 3.8) is 0 Å². The van der Waals surface area contributed by atoms with Crippen molar-refractivity contribution in [2.24, 2.45) is 0 Å². The fraction of sp³-hybridized carbons (Fsp3) is 0.429. The number of benzene rings is 1. The van der Waals surface area contributed by atoms with Crippen LogP contribution in [-0.4, -0.2) is 29.5 Å². The highest BCUT2D eigenvalue weighted by Crippen LogP contribution is 2.23. The Hall–Kier alpha value is -1.69. The topological polar surface area (TPSA) is 69.0 Å². The second kappa shape index (κ2) is 4.70. The molecule has 0 amide bonds. The molecule has 1 aliphatic heterocycles. The van der Waals surface area contributed by atoms with Gasteiger partial charge in [-0.2, -0.15) is 0 Å². The third kappa shape index (κ3) is 2.24. The van der Waals surface area contributed by atoms with Gasteiger partial charge in [-0.15, -0.1) is 0 Å². The zero-order chi connectivity index (χ0) is 14.3. The zero-order valence-corrected chi connectivity index (χ0v) is 12.1. The van der Waals surface area contributed by atoms with E-state index >= 15 is 0 Å². The number of hydrogen-bond acceptors (Lipinski definition) is 4. The number of fused-ring (bicyclic) bond motifs is 1. The van der Waals surface area contributed by atoms with Gasteiger partial charge in [0, 0.05) is 6.04 Å². The van der Waals surface area contributed by atoms with E-state index in [1.54, 1.807) is 10.9 Å². The monoisotopic (exact) mass is 292 g/mol. The minimum absolute atomic E-state index is 0.0671. The quantitative estimate of drug-likeness (QED) is 0.798. The normalized spacial score (nSPS) is 19.2. The van der Waals surface area contributed by atoms with Crippen molar-refractivity contribution < 1.29 is 8.42 Å². The van der Waals surface area contributed by atoms with Crippen LogP contribution in [0.1, 0.15) is 24.4 Å². The highest BCUT2D eigenvalue weighted by Gasteiger charge is 2.25. The Kier molecular flexibility index (Phi) is 3.12. The van der Waals surface area contributed by atoms with E-state index in [1.807, 2.05) is 25.1 Å². The first-order valence-corrected chi connectivity index (χ1v) is 8.47. The van der Waals surface area contributed by atoms with E-state index in [-0.39, 0.29) is 23.1 Å². The van der Waals surface area contributed by atoms with Crippen LogP contribution < -0.4 is 5.56 Å². The molecule has 5 nitrogen and oxygen atoms in total. The molecule has 1 aliphatic rings. The molecule has 0 radical (unpaired) electrons. The molecular formula is C14H16N2O3S. The maximum Gasteiger partial charge on any atom is 0.261 e. The first kappa shape index (κ1) is 13.3. The summed E-state index contributed by atoms with van der Waals surface area (Å²) in [5.74, 6) is 0.297. The summed E-state index contributed by atoms with van der Waals surface area (Å²) in [6.45, 7) is 1.89. The van der Waals surface area contributed by atoms with Gasteiger partial charge in [0.2, 0.25) is 0 Å². The zero-order valence-electron chi connectivity index (χ0n) is 11.2. The lowest BCUT2D eigenvalue weighted by molar-refractivity contribution is 0.436. The molecular weight excluding hydrogens is 276 g/mol. The molecule has 1 saturated heterocycles. The number of aryl methyl sites for hydroxylation is 1. The van der Waals surface area contributed by atoms with E-state index in [2.05, 4.69) is 4.98 Å². The van der Waals surface area contributed by atoms with Gasteiger partial charge in [-0.1, -0.05) is 12.1 Å². The largest absolute Gasteiger partial charge is 0.296 e. The number of rotatable bonds is 1. The fourth-order valence-corrected chi connectivity index (χ4v) is 4.23. The van der Waals surface area contributed by atoms with E-state index in [0.29, 0.717) is 23.7 Å². The summed E-state index contributed by atoms with van der Waals surface area (Å²) >= 11 is 0. The average molecular weight is 292 g/mol. The van der Waals surface area contributed by atoms with E-state index in [0.717, 1.165) is 5.56 Å². The van der Waals surface area contributed by atoms with Crippen LogP contribution in [-0.2, 0) is 9.84 Å². The predicted molar refractivity (Wildman–Crippen MR) is 77.7 cm³/mol. The van der Waals surface area contributed by atoms with Crippen LogP contribution in [0.3, 0.4) is 0 Å². The predicted octanol–water partition coefficient (Wildman–Crippen LogP) is 1.45. The molecule has 1 fully saturated rings. The van der Waals surface area contributed by atoms with E-state index in [9.17, 15) is 13.2 Å². The molecule has 106 valence electrons. The van der Waals surface area contributed by atoms with Crippen molar-refractivity contribution in [3.05, 3.63) is 40.4 Å². The smallest absolute Gasteiger partial charge is 0.261 e. The molecule has 2 heterocycles. The van der Waals surface area contributed by atoms with Gasteiger partial charge in [0.25, 0.3) is 5.56 Å². The molecule has 6 heteroatoms. The Morgan fingerprint density at radius 1 is 1.25 bits per heavy atom. The third-order valence-corrected chi connectivity index (χ3v) is 5.65. The Morgan fingerprint density at radius 3 is 2.65 bits per heavy atom. The molecule has 1 aromatic heterocycles. The van der Waals surface area contributed by atoms with Gasteiger partial charge in [-0.3, -0.25) is 9.36 Å². The minimum atomic E-state index is -2.92. The lowest BCUT2D eigenvalue weighted by atomic mass is 10.1. The molecule has 0 saturated carbocycles. The molecule has 0 aliphatic carbocycles. The first-order valence-electron chi connectivity index (χ1n) is 6.65. The Bertz CT molecular complexity index is 810. The van der Waals surface area contributed by atoms with Gasteiger partial charge in [0.15, 0.2) is 0 Å². The third-order valence-electron chi connectivity index (χ3n) is 3.94. The van der Waals surface area contributed by atoms with Gasteiger partial charge in [-0.25, -0.2) is 13.4 Å². The second-order valence-electron chi connectivity index (χ2n) is 5.31. The van der Waals surface area contributed by atoms with Crippen molar-refractivity contribution in [2.45, 2.75) is 25.8 Å². The van der Waals surface area contributed by atoms with Crippen LogP contribution >= 0.6 is 0 Å². The lowest BCUT2D eigenvalue weighted by Gasteiger charge is -2.24. The van der Waals surface area contributed by atoms with E-state index in [1.165, 1.54) is 0 Å². The first-order chi connectivity index (χ1) is 9.48. The Morgan fingerprint density at radius 2 is 1.95 bits per heavy atom. The van der Waals surface area contributed by atoms with Crippen LogP contribution in [0.25, 0.3) is 10.9 Å². The molecule has 0 N–H and O–H groups in total. The summed E-state index contributed by atoms with van der Waals surface area (Å²) in [5, 5.41) is 0.628. The second-order valence-corrected chi connectivity index (χ2v) is 7.61. The van der Waals surface area contributed by atoms with Gasteiger partial charge >= 0.3 is 0 Å². The summed E-state index contributed by atoms with van der Waals surface area (Å²) < 4.78 is 24.6. The molecule has 1 aromatic carbocycles. The van der Waals surface area contributed by atoms with Gasteiger partial charge in [-0.05, 0) is 31.4 Å². The maximum absolute atomic E-state index is 12.6. The summed E-state index contributed by atoms with van der Waals surface area (Å²) in [6.07, 6.45) is 2.52. The lowest BCUT2D eigenvalue weighted by Crippen LogP contribution is -2.32. The highest BCUT2D eigenvalue weighted by molar-refractivity contribution is 7.91. The summed E-state index contributed by atoms with van der Waals surface area (Å²) in [5.41, 5.74) is 1.52. The highest BCUT2D eigenvalue weighted by atomic mass is 32.2. The van der Waals surface area contributed by atoms with Crippen molar-refractivity contribution in [1.29, 1.82) is 0 Å². The van der Waals surface area contributed by atoms with Crippen LogP contribution in [0.4, 0.5) is 0 Å². The SMILES string of the molecule is Cc1cccc2ncn(C3CCS(=O)(=O)CC3)c(=O)c12. The van der Waals surface area contributed by atoms with Crippen LogP contribution in [0.2, 0.25) is 0 Å². The molecule has 0 spiro atoms. The summed E-state index contributed by atoms with van der Waals surface area (Å²) in [6, 6.07) is 5.52. The van der Waals surface area contributed by atoms with Crippen LogP contribution in [0.15, 0.2) is 29.3 Å². The van der Waals surface area contributed by atoms with Gasteiger partial charge in [0.05, 0.1) is 28.7 Å². The fourth-order valence-electron chi connectivity index (χ4n) is 2.76. The maximum atomic E-state index is 12.6. The molecule has 20 heavy (non-hydrogen) atoms. The summed E-state index contributed by atoms with van der Waals surface area (Å²) in [4.78, 5) is 16.9. The molecule has 3 rings (SSSR count). The number of aromatic nitrogens is 2. The molecule has 2 aromatic rings. The molecule has 0 unspecified atom stereocenters. The molecule has 0 bridgehead atoms. The van der Waals surface area contributed by atoms with Crippen molar-refractivity contribution in [1.82, 2.24) is 9.55 Å².